The van der Waals surface area contributed by atoms with Gasteiger partial charge in [0.2, 0.25) is 0 Å². The molecule has 0 saturated heterocycles. The molecule has 2 nitrogen and oxygen atoms in total. The summed E-state index contributed by atoms with van der Waals surface area (Å²) in [6.45, 7) is 2.02. The normalized spacial score (nSPS) is 11.6. The molecule has 0 spiro atoms. The number of rotatable bonds is 3. The highest BCUT2D eigenvalue weighted by atomic mass is 32.2. The number of aryl methyl sites for hydroxylation is 1. The second-order valence-electron chi connectivity index (χ2n) is 5.49. The summed E-state index contributed by atoms with van der Waals surface area (Å²) in [6.07, 6.45) is 1.01. The van der Waals surface area contributed by atoms with Gasteiger partial charge in [-0.3, -0.25) is 0 Å². The number of thiophene rings is 1. The third kappa shape index (κ3) is 3.21. The smallest absolute Gasteiger partial charge is 0.178 e. The minimum Gasteiger partial charge on any atom is -0.224 e. The van der Waals surface area contributed by atoms with Gasteiger partial charge in [0.25, 0.3) is 0 Å². The summed E-state index contributed by atoms with van der Waals surface area (Å²) in [5, 5.41) is 3.97. The van der Waals surface area contributed by atoms with E-state index in [1.807, 2.05) is 35.9 Å². The van der Waals surface area contributed by atoms with Crippen LogP contribution in [0.1, 0.15) is 5.56 Å². The van der Waals surface area contributed by atoms with Crippen molar-refractivity contribution in [3.8, 4) is 22.3 Å². The second-order valence-corrected chi connectivity index (χ2v) is 8.21. The molecule has 0 N–H and O–H groups in total. The van der Waals surface area contributed by atoms with Crippen LogP contribution in [0.4, 0.5) is 4.39 Å². The van der Waals surface area contributed by atoms with E-state index in [9.17, 15) is 12.8 Å². The van der Waals surface area contributed by atoms with Gasteiger partial charge in [-0.1, -0.05) is 35.9 Å². The topological polar surface area (TPSA) is 34.1 Å². The van der Waals surface area contributed by atoms with Crippen molar-refractivity contribution < 1.29 is 12.8 Å². The van der Waals surface area contributed by atoms with E-state index < -0.39 is 15.7 Å². The molecule has 1 heterocycles. The highest BCUT2D eigenvalue weighted by molar-refractivity contribution is 7.90. The molecule has 0 bridgehead atoms. The van der Waals surface area contributed by atoms with Gasteiger partial charge < -0.3 is 0 Å². The van der Waals surface area contributed by atoms with Gasteiger partial charge in [-0.05, 0) is 40.9 Å². The van der Waals surface area contributed by atoms with Gasteiger partial charge >= 0.3 is 0 Å². The minimum absolute atomic E-state index is 0.270. The van der Waals surface area contributed by atoms with Crippen molar-refractivity contribution in [2.24, 2.45) is 0 Å². The van der Waals surface area contributed by atoms with Crippen molar-refractivity contribution in [2.45, 2.75) is 11.8 Å². The molecule has 0 unspecified atom stereocenters. The van der Waals surface area contributed by atoms with E-state index >= 15 is 0 Å². The first kappa shape index (κ1) is 15.9. The highest BCUT2D eigenvalue weighted by Crippen LogP contribution is 2.36. The van der Waals surface area contributed by atoms with Crippen LogP contribution in [0.5, 0.6) is 0 Å². The number of hydrogen-bond acceptors (Lipinski definition) is 3. The van der Waals surface area contributed by atoms with Crippen LogP contribution in [0, 0.1) is 12.7 Å². The summed E-state index contributed by atoms with van der Waals surface area (Å²) in [5.41, 5.74) is 4.81. The maximum atomic E-state index is 14.2. The fourth-order valence-electron chi connectivity index (χ4n) is 2.53. The molecule has 0 aliphatic rings. The molecule has 118 valence electrons. The van der Waals surface area contributed by atoms with Crippen LogP contribution in [0.2, 0.25) is 0 Å². The summed E-state index contributed by atoms with van der Waals surface area (Å²) in [7, 11) is -3.56. The monoisotopic (exact) mass is 346 g/mol. The molecule has 5 heteroatoms. The zero-order valence-electron chi connectivity index (χ0n) is 12.7. The van der Waals surface area contributed by atoms with E-state index in [0.717, 1.165) is 28.5 Å². The van der Waals surface area contributed by atoms with E-state index in [1.165, 1.54) is 23.5 Å². The first-order valence-electron chi connectivity index (χ1n) is 6.99. The van der Waals surface area contributed by atoms with E-state index in [2.05, 4.69) is 6.07 Å². The molecule has 0 saturated carbocycles. The van der Waals surface area contributed by atoms with Crippen LogP contribution in [-0.4, -0.2) is 14.7 Å². The molecule has 0 amide bonds. The number of hydrogen-bond donors (Lipinski definition) is 0. The molecule has 0 atom stereocenters. The quantitative estimate of drug-likeness (QED) is 0.673. The Morgan fingerprint density at radius 2 is 1.61 bits per heavy atom. The van der Waals surface area contributed by atoms with Crippen LogP contribution in [0.3, 0.4) is 0 Å². The highest BCUT2D eigenvalue weighted by Gasteiger charge is 2.16. The fraction of sp³-hybridized carbons (Fsp3) is 0.111. The average Bonchev–Trinajstić information content (AvgIpc) is 2.95. The van der Waals surface area contributed by atoms with E-state index in [4.69, 9.17) is 0 Å². The largest absolute Gasteiger partial charge is 0.224 e. The summed E-state index contributed by atoms with van der Waals surface area (Å²) in [5.74, 6) is -0.716. The van der Waals surface area contributed by atoms with Crippen LogP contribution in [-0.2, 0) is 9.84 Å². The molecule has 23 heavy (non-hydrogen) atoms. The van der Waals surface area contributed by atoms with Gasteiger partial charge in [0.1, 0.15) is 10.7 Å². The van der Waals surface area contributed by atoms with Gasteiger partial charge in [0, 0.05) is 17.4 Å². The molecular formula is C18H15FO2S2. The van der Waals surface area contributed by atoms with E-state index in [-0.39, 0.29) is 4.90 Å². The van der Waals surface area contributed by atoms with Gasteiger partial charge in [0.15, 0.2) is 9.84 Å². The van der Waals surface area contributed by atoms with Gasteiger partial charge in [-0.15, -0.1) is 0 Å². The molecular weight excluding hydrogens is 331 g/mol. The molecule has 2 aromatic carbocycles. The summed E-state index contributed by atoms with van der Waals surface area (Å²) >= 11 is 1.54. The second kappa shape index (κ2) is 5.91. The lowest BCUT2D eigenvalue weighted by molar-refractivity contribution is 0.571. The molecule has 0 aliphatic carbocycles. The Morgan fingerprint density at radius 3 is 2.17 bits per heavy atom. The Balaban J connectivity index is 2.11. The standard InChI is InChI=1S/C18H15FO2S2/c1-12-4-3-5-13(8-12)15-10-22-11-16(15)14-6-7-18(17(19)9-14)23(2,20)21/h3-11H,1-2H3. The lowest BCUT2D eigenvalue weighted by Crippen LogP contribution is -2.00. The molecule has 0 fully saturated rings. The molecule has 0 aliphatic heterocycles. The van der Waals surface area contributed by atoms with Crippen molar-refractivity contribution in [2.75, 3.05) is 6.26 Å². The van der Waals surface area contributed by atoms with Crippen molar-refractivity contribution in [1.29, 1.82) is 0 Å². The van der Waals surface area contributed by atoms with Crippen molar-refractivity contribution in [3.05, 3.63) is 64.6 Å². The zero-order valence-corrected chi connectivity index (χ0v) is 14.3. The fourth-order valence-corrected chi connectivity index (χ4v) is 4.12. The number of halogens is 1. The van der Waals surface area contributed by atoms with Gasteiger partial charge in [0.05, 0.1) is 0 Å². The average molecular weight is 346 g/mol. The van der Waals surface area contributed by atoms with E-state index in [0.29, 0.717) is 5.56 Å². The van der Waals surface area contributed by atoms with Crippen LogP contribution < -0.4 is 0 Å². The van der Waals surface area contributed by atoms with Gasteiger partial charge in [-0.2, -0.15) is 11.3 Å². The Labute approximate surface area is 139 Å². The summed E-state index contributed by atoms with van der Waals surface area (Å²) in [4.78, 5) is -0.270. The Kier molecular flexibility index (Phi) is 4.08. The molecule has 0 radical (unpaired) electrons. The Morgan fingerprint density at radius 1 is 0.957 bits per heavy atom. The maximum Gasteiger partial charge on any atom is 0.178 e. The van der Waals surface area contributed by atoms with Crippen LogP contribution in [0.15, 0.2) is 58.1 Å². The third-order valence-electron chi connectivity index (χ3n) is 3.63. The number of sulfone groups is 1. The summed E-state index contributed by atoms with van der Waals surface area (Å²) < 4.78 is 37.2. The number of benzene rings is 2. The summed E-state index contributed by atoms with van der Waals surface area (Å²) in [6, 6.07) is 12.4. The first-order chi connectivity index (χ1) is 10.9. The lowest BCUT2D eigenvalue weighted by Gasteiger charge is -2.08. The van der Waals surface area contributed by atoms with E-state index in [1.54, 1.807) is 6.07 Å². The Bertz CT molecular complexity index is 972. The third-order valence-corrected chi connectivity index (χ3v) is 5.51. The maximum absolute atomic E-state index is 14.2. The van der Waals surface area contributed by atoms with Crippen molar-refractivity contribution in [1.82, 2.24) is 0 Å². The van der Waals surface area contributed by atoms with Crippen molar-refractivity contribution >= 4 is 21.2 Å². The lowest BCUT2D eigenvalue weighted by atomic mass is 9.98. The van der Waals surface area contributed by atoms with Gasteiger partial charge in [-0.25, -0.2) is 12.8 Å². The molecule has 3 rings (SSSR count). The van der Waals surface area contributed by atoms with Crippen molar-refractivity contribution in [3.63, 3.8) is 0 Å². The van der Waals surface area contributed by atoms with Crippen LogP contribution in [0.25, 0.3) is 22.3 Å². The SMILES string of the molecule is Cc1cccc(-c2cscc2-c2ccc(S(C)(=O)=O)c(F)c2)c1. The molecule has 1 aromatic heterocycles. The predicted octanol–water partition coefficient (Wildman–Crippen LogP) is 4.93. The van der Waals surface area contributed by atoms with Crippen LogP contribution >= 0.6 is 11.3 Å². The minimum atomic E-state index is -3.56. The first-order valence-corrected chi connectivity index (χ1v) is 9.83. The predicted molar refractivity (Wildman–Crippen MR) is 93.0 cm³/mol. The Hall–Kier alpha value is -1.98. The zero-order chi connectivity index (χ0) is 16.6. The molecule has 3 aromatic rings.